The molecule has 4 nitrogen and oxygen atoms in total. The van der Waals surface area contributed by atoms with Gasteiger partial charge in [-0.15, -0.1) is 0 Å². The summed E-state index contributed by atoms with van der Waals surface area (Å²) >= 11 is 0. The second-order valence-corrected chi connectivity index (χ2v) is 5.64. The van der Waals surface area contributed by atoms with Gasteiger partial charge in [0.05, 0.1) is 12.2 Å². The molecule has 2 saturated heterocycles. The number of nitrogens with zero attached hydrogens (tertiary/aromatic N) is 2. The molecule has 2 aliphatic heterocycles. The maximum Gasteiger partial charge on any atom is 0.208 e. The minimum Gasteiger partial charge on any atom is -0.444 e. The van der Waals surface area contributed by atoms with Crippen molar-refractivity contribution in [1.29, 1.82) is 0 Å². The molecule has 3 rings (SSSR count). The molecule has 0 amide bonds. The van der Waals surface area contributed by atoms with Gasteiger partial charge in [-0.25, -0.2) is 4.98 Å². The van der Waals surface area contributed by atoms with Crippen molar-refractivity contribution >= 4 is 0 Å². The summed E-state index contributed by atoms with van der Waals surface area (Å²) in [5.41, 5.74) is 1.56. The van der Waals surface area contributed by atoms with Crippen LogP contribution in [0.1, 0.15) is 30.2 Å². The van der Waals surface area contributed by atoms with Crippen LogP contribution in [0.4, 0.5) is 0 Å². The van der Waals surface area contributed by atoms with Crippen LogP contribution in [0.25, 0.3) is 0 Å². The smallest absolute Gasteiger partial charge is 0.208 e. The first-order chi connectivity index (χ1) is 8.17. The van der Waals surface area contributed by atoms with E-state index in [1.165, 1.54) is 39.0 Å². The molecule has 2 fully saturated rings. The van der Waals surface area contributed by atoms with Crippen LogP contribution in [0.5, 0.6) is 0 Å². The Morgan fingerprint density at radius 2 is 2.29 bits per heavy atom. The topological polar surface area (TPSA) is 41.3 Å². The number of hydrogen-bond donors (Lipinski definition) is 1. The molecule has 0 aliphatic carbocycles. The van der Waals surface area contributed by atoms with Crippen LogP contribution in [-0.4, -0.2) is 36.1 Å². The summed E-state index contributed by atoms with van der Waals surface area (Å²) in [6, 6.07) is 0. The van der Waals surface area contributed by atoms with Gasteiger partial charge in [0, 0.05) is 13.1 Å². The molecule has 2 aliphatic rings. The molecule has 1 spiro atoms. The third kappa shape index (κ3) is 2.11. The van der Waals surface area contributed by atoms with Gasteiger partial charge in [0.15, 0.2) is 0 Å². The maximum atomic E-state index is 5.66. The van der Waals surface area contributed by atoms with E-state index in [4.69, 9.17) is 4.42 Å². The van der Waals surface area contributed by atoms with Crippen molar-refractivity contribution in [3.05, 3.63) is 17.3 Å². The van der Waals surface area contributed by atoms with Crippen molar-refractivity contribution in [2.75, 3.05) is 26.2 Å². The molecule has 17 heavy (non-hydrogen) atoms. The van der Waals surface area contributed by atoms with Crippen molar-refractivity contribution in [3.8, 4) is 0 Å². The first-order valence-electron chi connectivity index (χ1n) is 6.53. The number of hydrogen-bond acceptors (Lipinski definition) is 4. The summed E-state index contributed by atoms with van der Waals surface area (Å²) in [6.45, 7) is 9.62. The van der Waals surface area contributed by atoms with Crippen molar-refractivity contribution in [3.63, 3.8) is 0 Å². The summed E-state index contributed by atoms with van der Waals surface area (Å²) in [7, 11) is 0. The molecule has 1 aromatic rings. The fourth-order valence-corrected chi connectivity index (χ4v) is 3.10. The van der Waals surface area contributed by atoms with Gasteiger partial charge in [-0.2, -0.15) is 0 Å². The molecule has 0 saturated carbocycles. The van der Waals surface area contributed by atoms with Gasteiger partial charge in [0.25, 0.3) is 0 Å². The average Bonchev–Trinajstić information content (AvgIpc) is 2.96. The molecule has 1 unspecified atom stereocenters. The molecular weight excluding hydrogens is 214 g/mol. The fourth-order valence-electron chi connectivity index (χ4n) is 3.10. The fraction of sp³-hybridized carbons (Fsp3) is 0.769. The normalized spacial score (nSPS) is 29.5. The number of rotatable bonds is 2. The molecule has 1 N–H and O–H groups in total. The first-order valence-corrected chi connectivity index (χ1v) is 6.53. The number of nitrogens with one attached hydrogen (secondary N) is 1. The molecule has 4 heteroatoms. The van der Waals surface area contributed by atoms with Crippen molar-refractivity contribution in [1.82, 2.24) is 15.2 Å². The van der Waals surface area contributed by atoms with Crippen LogP contribution in [0.3, 0.4) is 0 Å². The van der Waals surface area contributed by atoms with E-state index < -0.39 is 0 Å². The first kappa shape index (κ1) is 11.2. The third-order valence-corrected chi connectivity index (χ3v) is 4.28. The number of aryl methyl sites for hydroxylation is 2. The molecule has 3 heterocycles. The zero-order valence-electron chi connectivity index (χ0n) is 10.8. The van der Waals surface area contributed by atoms with Crippen LogP contribution >= 0.6 is 0 Å². The van der Waals surface area contributed by atoms with E-state index in [1.807, 2.05) is 13.8 Å². The highest BCUT2D eigenvalue weighted by atomic mass is 16.4. The van der Waals surface area contributed by atoms with Crippen LogP contribution in [0, 0.1) is 19.3 Å². The largest absolute Gasteiger partial charge is 0.444 e. The van der Waals surface area contributed by atoms with Crippen LogP contribution in [0.2, 0.25) is 0 Å². The number of oxazole rings is 1. The minimum absolute atomic E-state index is 0.538. The predicted octanol–water partition coefficient (Wildman–Crippen LogP) is 1.48. The van der Waals surface area contributed by atoms with E-state index in [9.17, 15) is 0 Å². The zero-order chi connectivity index (χ0) is 11.9. The summed E-state index contributed by atoms with van der Waals surface area (Å²) < 4.78 is 5.66. The Morgan fingerprint density at radius 1 is 1.41 bits per heavy atom. The highest BCUT2D eigenvalue weighted by Crippen LogP contribution is 2.36. The Labute approximate surface area is 102 Å². The maximum absolute atomic E-state index is 5.66. The van der Waals surface area contributed by atoms with Gasteiger partial charge in [0.1, 0.15) is 5.76 Å². The van der Waals surface area contributed by atoms with E-state index in [1.54, 1.807) is 0 Å². The van der Waals surface area contributed by atoms with E-state index in [2.05, 4.69) is 15.2 Å². The highest BCUT2D eigenvalue weighted by molar-refractivity contribution is 5.06. The molecule has 0 bridgehead atoms. The molecular formula is C13H21N3O. The lowest BCUT2D eigenvalue weighted by molar-refractivity contribution is 0.246. The molecule has 0 aromatic carbocycles. The zero-order valence-corrected chi connectivity index (χ0v) is 10.8. The SMILES string of the molecule is Cc1nc(CN2CCC3(CCNC3)C2)oc1C. The Hall–Kier alpha value is -0.870. The number of aromatic nitrogens is 1. The monoisotopic (exact) mass is 235 g/mol. The van der Waals surface area contributed by atoms with Crippen LogP contribution in [0.15, 0.2) is 4.42 Å². The van der Waals surface area contributed by atoms with Crippen molar-refractivity contribution in [2.24, 2.45) is 5.41 Å². The lowest BCUT2D eigenvalue weighted by Crippen LogP contribution is -2.29. The van der Waals surface area contributed by atoms with Gasteiger partial charge < -0.3 is 9.73 Å². The molecule has 94 valence electrons. The summed E-state index contributed by atoms with van der Waals surface area (Å²) in [6.07, 6.45) is 2.64. The Bertz CT molecular complexity index is 387. The summed E-state index contributed by atoms with van der Waals surface area (Å²) in [5.74, 6) is 1.83. The van der Waals surface area contributed by atoms with Crippen LogP contribution < -0.4 is 5.32 Å². The summed E-state index contributed by atoms with van der Waals surface area (Å²) in [4.78, 5) is 6.95. The minimum atomic E-state index is 0.538. The average molecular weight is 235 g/mol. The van der Waals surface area contributed by atoms with Gasteiger partial charge in [-0.05, 0) is 45.2 Å². The number of likely N-dealkylation sites (tertiary alicyclic amines) is 1. The van der Waals surface area contributed by atoms with E-state index in [-0.39, 0.29) is 0 Å². The van der Waals surface area contributed by atoms with Gasteiger partial charge in [0.2, 0.25) is 5.89 Å². The second-order valence-electron chi connectivity index (χ2n) is 5.64. The lowest BCUT2D eigenvalue weighted by atomic mass is 9.87. The Morgan fingerprint density at radius 3 is 2.94 bits per heavy atom. The Balaban J connectivity index is 1.63. The standard InChI is InChI=1S/C13H21N3O/c1-10-11(2)17-12(15-10)7-16-6-4-13(9-16)3-5-14-8-13/h14H,3-9H2,1-2H3. The van der Waals surface area contributed by atoms with E-state index in [0.717, 1.165) is 23.9 Å². The Kier molecular flexibility index (Phi) is 2.71. The van der Waals surface area contributed by atoms with Gasteiger partial charge >= 0.3 is 0 Å². The van der Waals surface area contributed by atoms with Crippen LogP contribution in [-0.2, 0) is 6.54 Å². The van der Waals surface area contributed by atoms with E-state index >= 15 is 0 Å². The van der Waals surface area contributed by atoms with Gasteiger partial charge in [-0.3, -0.25) is 4.90 Å². The quantitative estimate of drug-likeness (QED) is 0.843. The molecule has 1 aromatic heterocycles. The lowest BCUT2D eigenvalue weighted by Gasteiger charge is -2.22. The second kappa shape index (κ2) is 4.10. The molecule has 0 radical (unpaired) electrons. The highest BCUT2D eigenvalue weighted by Gasteiger charge is 2.40. The van der Waals surface area contributed by atoms with E-state index in [0.29, 0.717) is 5.41 Å². The van der Waals surface area contributed by atoms with Crippen molar-refractivity contribution < 1.29 is 4.42 Å². The van der Waals surface area contributed by atoms with Crippen molar-refractivity contribution in [2.45, 2.75) is 33.2 Å². The summed E-state index contributed by atoms with van der Waals surface area (Å²) in [5, 5.41) is 3.49. The molecule has 1 atom stereocenters. The predicted molar refractivity (Wildman–Crippen MR) is 65.8 cm³/mol. The van der Waals surface area contributed by atoms with Gasteiger partial charge in [-0.1, -0.05) is 0 Å². The third-order valence-electron chi connectivity index (χ3n) is 4.28.